The highest BCUT2D eigenvalue weighted by atomic mass is 16.2. The zero-order valence-corrected chi connectivity index (χ0v) is 24.6. The first-order valence-corrected chi connectivity index (χ1v) is 14.3. The van der Waals surface area contributed by atoms with E-state index in [1.165, 1.54) is 9.80 Å². The van der Waals surface area contributed by atoms with Gasteiger partial charge in [-0.2, -0.15) is 0 Å². The molecule has 1 saturated heterocycles. The Balaban J connectivity index is 2.09. The number of hydrogen-bond donors (Lipinski definition) is 2. The van der Waals surface area contributed by atoms with Crippen molar-refractivity contribution in [2.24, 2.45) is 11.8 Å². The van der Waals surface area contributed by atoms with Gasteiger partial charge < -0.3 is 20.4 Å². The van der Waals surface area contributed by atoms with Gasteiger partial charge in [-0.15, -0.1) is 0 Å². The van der Waals surface area contributed by atoms with Crippen molar-refractivity contribution < 1.29 is 19.2 Å². The monoisotopic (exact) mass is 548 g/mol. The summed E-state index contributed by atoms with van der Waals surface area (Å²) in [4.78, 5) is 58.6. The number of benzene rings is 2. The topological polar surface area (TPSA) is 98.8 Å². The van der Waals surface area contributed by atoms with Crippen molar-refractivity contribution in [3.05, 3.63) is 71.8 Å². The number of rotatable bonds is 8. The fourth-order valence-electron chi connectivity index (χ4n) is 5.10. The van der Waals surface area contributed by atoms with Gasteiger partial charge in [0.25, 0.3) is 0 Å². The third kappa shape index (κ3) is 7.29. The van der Waals surface area contributed by atoms with Crippen molar-refractivity contribution in [1.29, 1.82) is 0 Å². The van der Waals surface area contributed by atoms with Crippen LogP contribution in [0.2, 0.25) is 0 Å². The van der Waals surface area contributed by atoms with Crippen LogP contribution < -0.4 is 10.6 Å². The smallest absolute Gasteiger partial charge is 0.245 e. The summed E-state index contributed by atoms with van der Waals surface area (Å²) < 4.78 is 0. The summed E-state index contributed by atoms with van der Waals surface area (Å²) in [5.41, 5.74) is 1.79. The average Bonchev–Trinajstić information content (AvgIpc) is 2.98. The van der Waals surface area contributed by atoms with Crippen LogP contribution in [-0.2, 0) is 32.0 Å². The van der Waals surface area contributed by atoms with Crippen molar-refractivity contribution >= 4 is 23.6 Å². The van der Waals surface area contributed by atoms with E-state index >= 15 is 0 Å². The molecule has 0 aliphatic carbocycles. The van der Waals surface area contributed by atoms with Crippen molar-refractivity contribution in [3.63, 3.8) is 0 Å². The Bertz CT molecular complexity index is 1060. The zero-order valence-electron chi connectivity index (χ0n) is 24.6. The van der Waals surface area contributed by atoms with Gasteiger partial charge in [0.05, 0.1) is 0 Å². The first kappa shape index (κ1) is 30.9. The molecule has 1 aliphatic heterocycles. The summed E-state index contributed by atoms with van der Waals surface area (Å²) in [6.45, 7) is 7.74. The molecule has 4 amide bonds. The van der Waals surface area contributed by atoms with Crippen LogP contribution in [0, 0.1) is 11.8 Å². The molecule has 1 fully saturated rings. The van der Waals surface area contributed by atoms with Gasteiger partial charge in [-0.25, -0.2) is 0 Å². The average molecular weight is 549 g/mol. The molecule has 3 rings (SSSR count). The van der Waals surface area contributed by atoms with E-state index in [0.717, 1.165) is 11.1 Å². The lowest BCUT2D eigenvalue weighted by Crippen LogP contribution is -2.64. The molecule has 8 nitrogen and oxygen atoms in total. The summed E-state index contributed by atoms with van der Waals surface area (Å²) >= 11 is 0. The molecule has 0 spiro atoms. The van der Waals surface area contributed by atoms with Gasteiger partial charge in [-0.3, -0.25) is 19.2 Å². The van der Waals surface area contributed by atoms with E-state index in [1.807, 2.05) is 88.4 Å². The number of amides is 4. The Morgan fingerprint density at radius 3 is 1.25 bits per heavy atom. The molecule has 40 heavy (non-hydrogen) atoms. The first-order valence-electron chi connectivity index (χ1n) is 14.3. The zero-order chi connectivity index (χ0) is 29.4. The van der Waals surface area contributed by atoms with Gasteiger partial charge in [-0.1, -0.05) is 101 Å². The van der Waals surface area contributed by atoms with Crippen molar-refractivity contribution in [3.8, 4) is 0 Å². The minimum absolute atomic E-state index is 0.187. The van der Waals surface area contributed by atoms with Crippen LogP contribution in [0.5, 0.6) is 0 Å². The lowest BCUT2D eigenvalue weighted by Gasteiger charge is -2.38. The van der Waals surface area contributed by atoms with E-state index in [-0.39, 0.29) is 48.3 Å². The Hall–Kier alpha value is -3.68. The maximum atomic E-state index is 14.0. The van der Waals surface area contributed by atoms with Crippen LogP contribution in [-0.4, -0.2) is 71.7 Å². The number of hydrogen-bond acceptors (Lipinski definition) is 4. The normalized spacial score (nSPS) is 24.4. The molecule has 6 unspecified atom stereocenters. The van der Waals surface area contributed by atoms with Crippen LogP contribution in [0.4, 0.5) is 0 Å². The molecule has 2 aromatic carbocycles. The van der Waals surface area contributed by atoms with E-state index < -0.39 is 24.2 Å². The second-order valence-corrected chi connectivity index (χ2v) is 11.1. The van der Waals surface area contributed by atoms with E-state index in [0.29, 0.717) is 12.8 Å². The number of likely N-dealkylation sites (N-methyl/N-ethyl adjacent to an activating group) is 2. The molecule has 2 N–H and O–H groups in total. The standard InChI is InChI=1S/C32H44N4O4/c1-7-21(3)27-31(39)35(5)26(20-24-17-13-10-14-18-24)30(38)34-28(22(4)8-2)32(40)36(6)25(29(37)33-27)19-23-15-11-9-12-16-23/h9-18,21-22,25-28H,7-8,19-20H2,1-6H3,(H,33,37)(H,34,38). The first-order chi connectivity index (χ1) is 19.1. The molecule has 8 heteroatoms. The summed E-state index contributed by atoms with van der Waals surface area (Å²) in [7, 11) is 3.22. The summed E-state index contributed by atoms with van der Waals surface area (Å²) in [6, 6.07) is 15.6. The van der Waals surface area contributed by atoms with Crippen molar-refractivity contribution in [2.45, 2.75) is 77.5 Å². The minimum atomic E-state index is -0.859. The van der Waals surface area contributed by atoms with Gasteiger partial charge in [0.1, 0.15) is 24.2 Å². The van der Waals surface area contributed by atoms with Gasteiger partial charge in [0, 0.05) is 26.9 Å². The molecule has 0 bridgehead atoms. The molecule has 6 atom stereocenters. The van der Waals surface area contributed by atoms with Crippen molar-refractivity contribution in [2.75, 3.05) is 14.1 Å². The quantitative estimate of drug-likeness (QED) is 0.529. The van der Waals surface area contributed by atoms with Crippen LogP contribution >= 0.6 is 0 Å². The largest absolute Gasteiger partial charge is 0.342 e. The molecule has 2 aromatic rings. The summed E-state index contributed by atoms with van der Waals surface area (Å²) in [5.74, 6) is -1.80. The van der Waals surface area contributed by atoms with Crippen LogP contribution in [0.1, 0.15) is 51.7 Å². The molecule has 0 aromatic heterocycles. The number of nitrogens with one attached hydrogen (secondary N) is 2. The Kier molecular flexibility index (Phi) is 10.9. The van der Waals surface area contributed by atoms with Gasteiger partial charge in [-0.05, 0) is 23.0 Å². The Morgan fingerprint density at radius 1 is 0.625 bits per heavy atom. The third-order valence-corrected chi connectivity index (χ3v) is 8.33. The van der Waals surface area contributed by atoms with Crippen LogP contribution in [0.15, 0.2) is 60.7 Å². The van der Waals surface area contributed by atoms with E-state index in [4.69, 9.17) is 0 Å². The van der Waals surface area contributed by atoms with Gasteiger partial charge >= 0.3 is 0 Å². The predicted molar refractivity (Wildman–Crippen MR) is 156 cm³/mol. The fourth-order valence-corrected chi connectivity index (χ4v) is 5.10. The van der Waals surface area contributed by atoms with E-state index in [1.54, 1.807) is 14.1 Å². The van der Waals surface area contributed by atoms with E-state index in [9.17, 15) is 19.2 Å². The maximum Gasteiger partial charge on any atom is 0.245 e. The summed E-state index contributed by atoms with van der Waals surface area (Å²) in [6.07, 6.45) is 1.86. The predicted octanol–water partition coefficient (Wildman–Crippen LogP) is 3.20. The number of carbonyl (C=O) groups excluding carboxylic acids is 4. The third-order valence-electron chi connectivity index (χ3n) is 8.33. The Labute approximate surface area is 238 Å². The summed E-state index contributed by atoms with van der Waals surface area (Å²) in [5, 5.41) is 5.98. The Morgan fingerprint density at radius 2 is 0.950 bits per heavy atom. The molecule has 0 saturated carbocycles. The lowest BCUT2D eigenvalue weighted by molar-refractivity contribution is -0.149. The van der Waals surface area contributed by atoms with E-state index in [2.05, 4.69) is 10.6 Å². The number of nitrogens with zero attached hydrogens (tertiary/aromatic N) is 2. The molecular weight excluding hydrogens is 504 g/mol. The van der Waals surface area contributed by atoms with Gasteiger partial charge in [0.2, 0.25) is 23.6 Å². The second-order valence-electron chi connectivity index (χ2n) is 11.1. The van der Waals surface area contributed by atoms with Crippen LogP contribution in [0.25, 0.3) is 0 Å². The molecule has 1 heterocycles. The highest BCUT2D eigenvalue weighted by Gasteiger charge is 2.41. The fraction of sp³-hybridized carbons (Fsp3) is 0.500. The van der Waals surface area contributed by atoms with Crippen LogP contribution in [0.3, 0.4) is 0 Å². The SMILES string of the molecule is CCC(C)C1NC(=O)C(Cc2ccccc2)N(C)C(=O)C(C(C)CC)NC(=O)C(Cc2ccccc2)N(C)C1=O. The molecule has 1 aliphatic rings. The maximum absolute atomic E-state index is 14.0. The molecule has 0 radical (unpaired) electrons. The lowest BCUT2D eigenvalue weighted by atomic mass is 9.93. The van der Waals surface area contributed by atoms with Crippen molar-refractivity contribution in [1.82, 2.24) is 20.4 Å². The highest BCUT2D eigenvalue weighted by molar-refractivity contribution is 5.97. The highest BCUT2D eigenvalue weighted by Crippen LogP contribution is 2.20. The minimum Gasteiger partial charge on any atom is -0.342 e. The molecule has 216 valence electrons. The van der Waals surface area contributed by atoms with Gasteiger partial charge in [0.15, 0.2) is 0 Å². The second kappa shape index (κ2) is 14.1. The molecular formula is C32H44N4O4. The number of carbonyl (C=O) groups is 4.